The van der Waals surface area contributed by atoms with Crippen molar-refractivity contribution >= 4 is 66.7 Å². The normalized spacial score (nSPS) is 16.0. The highest BCUT2D eigenvalue weighted by molar-refractivity contribution is 8.00. The van der Waals surface area contributed by atoms with Gasteiger partial charge in [0.25, 0.3) is 0 Å². The Labute approximate surface area is 177 Å². The van der Waals surface area contributed by atoms with Crippen LogP contribution < -0.4 is 9.62 Å². The Morgan fingerprint density at radius 3 is 2.72 bits per heavy atom. The standard InChI is InChI=1S/C20H19N3O3S3/c1-27-20-22-17-9-6-15(13-18(17)28-20)21-19(24)10-5-14-3-7-16(8-4-14)23-11-2-12-29(23,25)26/h3-10,13H,2,11-12H2,1H3,(H,21,24)/b10-5+. The smallest absolute Gasteiger partial charge is 0.248 e. The van der Waals surface area contributed by atoms with Crippen LogP contribution >= 0.6 is 23.1 Å². The number of rotatable bonds is 5. The van der Waals surface area contributed by atoms with Gasteiger partial charge in [0.15, 0.2) is 4.34 Å². The first-order chi connectivity index (χ1) is 13.9. The molecule has 0 saturated carbocycles. The summed E-state index contributed by atoms with van der Waals surface area (Å²) < 4.78 is 27.4. The summed E-state index contributed by atoms with van der Waals surface area (Å²) in [7, 11) is -3.18. The van der Waals surface area contributed by atoms with E-state index in [1.807, 2.05) is 24.5 Å². The fourth-order valence-electron chi connectivity index (χ4n) is 3.11. The molecular weight excluding hydrogens is 426 g/mol. The van der Waals surface area contributed by atoms with Crippen LogP contribution in [-0.2, 0) is 14.8 Å². The van der Waals surface area contributed by atoms with E-state index in [4.69, 9.17) is 0 Å². The van der Waals surface area contributed by atoms with E-state index in [1.54, 1.807) is 53.4 Å². The Balaban J connectivity index is 1.41. The predicted octanol–water partition coefficient (Wildman–Crippen LogP) is 4.21. The molecule has 0 bridgehead atoms. The zero-order chi connectivity index (χ0) is 20.4. The van der Waals surface area contributed by atoms with E-state index in [2.05, 4.69) is 10.3 Å². The lowest BCUT2D eigenvalue weighted by atomic mass is 10.2. The van der Waals surface area contributed by atoms with Gasteiger partial charge in [-0.1, -0.05) is 23.9 Å². The molecular formula is C20H19N3O3S3. The molecule has 9 heteroatoms. The van der Waals surface area contributed by atoms with Crippen LogP contribution in [0.3, 0.4) is 0 Å². The highest BCUT2D eigenvalue weighted by Crippen LogP contribution is 2.30. The molecule has 1 saturated heterocycles. The minimum atomic E-state index is -3.18. The highest BCUT2D eigenvalue weighted by Gasteiger charge is 2.28. The van der Waals surface area contributed by atoms with Gasteiger partial charge in [-0.15, -0.1) is 11.3 Å². The van der Waals surface area contributed by atoms with Gasteiger partial charge in [0.05, 0.1) is 21.7 Å². The van der Waals surface area contributed by atoms with Crippen molar-refractivity contribution < 1.29 is 13.2 Å². The zero-order valence-corrected chi connectivity index (χ0v) is 18.1. The van der Waals surface area contributed by atoms with Gasteiger partial charge in [-0.05, 0) is 54.6 Å². The average Bonchev–Trinajstić information content (AvgIpc) is 3.28. The molecule has 2 heterocycles. The molecule has 1 fully saturated rings. The van der Waals surface area contributed by atoms with Gasteiger partial charge < -0.3 is 5.32 Å². The van der Waals surface area contributed by atoms with Crippen molar-refractivity contribution in [2.75, 3.05) is 28.2 Å². The van der Waals surface area contributed by atoms with Gasteiger partial charge in [0, 0.05) is 18.3 Å². The van der Waals surface area contributed by atoms with Crippen LogP contribution in [0.2, 0.25) is 0 Å². The number of hydrogen-bond donors (Lipinski definition) is 1. The van der Waals surface area contributed by atoms with E-state index in [0.717, 1.165) is 25.8 Å². The molecule has 1 aliphatic rings. The number of carbonyl (C=O) groups excluding carboxylic acids is 1. The third-order valence-electron chi connectivity index (χ3n) is 4.52. The quantitative estimate of drug-likeness (QED) is 0.470. The van der Waals surface area contributed by atoms with E-state index in [-0.39, 0.29) is 11.7 Å². The molecule has 150 valence electrons. The number of sulfonamides is 1. The Morgan fingerprint density at radius 2 is 2.03 bits per heavy atom. The number of thioether (sulfide) groups is 1. The number of amides is 1. The Kier molecular flexibility index (Phi) is 5.62. The number of aromatic nitrogens is 1. The van der Waals surface area contributed by atoms with E-state index in [1.165, 1.54) is 10.4 Å². The van der Waals surface area contributed by atoms with Crippen LogP contribution in [0.4, 0.5) is 11.4 Å². The summed E-state index contributed by atoms with van der Waals surface area (Å²) in [5, 5.41) is 2.86. The largest absolute Gasteiger partial charge is 0.322 e. The number of nitrogens with one attached hydrogen (secondary N) is 1. The summed E-state index contributed by atoms with van der Waals surface area (Å²) in [5.41, 5.74) is 3.13. The summed E-state index contributed by atoms with van der Waals surface area (Å²) in [5.74, 6) is -0.0362. The monoisotopic (exact) mass is 445 g/mol. The number of thiazole rings is 1. The van der Waals surface area contributed by atoms with E-state index in [9.17, 15) is 13.2 Å². The van der Waals surface area contributed by atoms with Gasteiger partial charge in [-0.3, -0.25) is 9.10 Å². The number of benzene rings is 2. The molecule has 6 nitrogen and oxygen atoms in total. The summed E-state index contributed by atoms with van der Waals surface area (Å²) >= 11 is 3.20. The van der Waals surface area contributed by atoms with Crippen molar-refractivity contribution in [3.63, 3.8) is 0 Å². The highest BCUT2D eigenvalue weighted by atomic mass is 32.2. The first-order valence-electron chi connectivity index (χ1n) is 8.99. The van der Waals surface area contributed by atoms with Crippen LogP contribution in [0.15, 0.2) is 52.9 Å². The second-order valence-corrected chi connectivity index (χ2v) is 10.6. The lowest BCUT2D eigenvalue weighted by Gasteiger charge is -2.16. The molecule has 0 unspecified atom stereocenters. The maximum Gasteiger partial charge on any atom is 0.248 e. The molecule has 0 radical (unpaired) electrons. The molecule has 1 aromatic heterocycles. The van der Waals surface area contributed by atoms with E-state index >= 15 is 0 Å². The third kappa shape index (κ3) is 4.47. The summed E-state index contributed by atoms with van der Waals surface area (Å²) in [6.45, 7) is 0.516. The Morgan fingerprint density at radius 1 is 1.24 bits per heavy atom. The van der Waals surface area contributed by atoms with E-state index in [0.29, 0.717) is 18.7 Å². The molecule has 2 aromatic carbocycles. The Bertz CT molecular complexity index is 1180. The van der Waals surface area contributed by atoms with Crippen molar-refractivity contribution in [2.45, 2.75) is 10.8 Å². The molecule has 0 spiro atoms. The number of anilines is 2. The van der Waals surface area contributed by atoms with Crippen LogP contribution in [0.1, 0.15) is 12.0 Å². The lowest BCUT2D eigenvalue weighted by molar-refractivity contribution is -0.111. The first-order valence-corrected chi connectivity index (χ1v) is 12.6. The second kappa shape index (κ2) is 8.17. The minimum absolute atomic E-state index is 0.195. The van der Waals surface area contributed by atoms with Gasteiger partial charge in [0.2, 0.25) is 15.9 Å². The van der Waals surface area contributed by atoms with Gasteiger partial charge in [-0.2, -0.15) is 0 Å². The van der Waals surface area contributed by atoms with E-state index < -0.39 is 10.0 Å². The lowest BCUT2D eigenvalue weighted by Crippen LogP contribution is -2.24. The molecule has 3 aromatic rings. The van der Waals surface area contributed by atoms with Crippen molar-refractivity contribution in [2.24, 2.45) is 0 Å². The maximum atomic E-state index is 12.2. The Hall–Kier alpha value is -2.36. The van der Waals surface area contributed by atoms with Gasteiger partial charge >= 0.3 is 0 Å². The van der Waals surface area contributed by atoms with Gasteiger partial charge in [-0.25, -0.2) is 13.4 Å². The molecule has 4 rings (SSSR count). The van der Waals surface area contributed by atoms with Crippen LogP contribution in [0.25, 0.3) is 16.3 Å². The molecule has 1 aliphatic heterocycles. The summed E-state index contributed by atoms with van der Waals surface area (Å²) in [6.07, 6.45) is 5.80. The van der Waals surface area contributed by atoms with Crippen LogP contribution in [0.5, 0.6) is 0 Å². The molecule has 0 atom stereocenters. The fraction of sp³-hybridized carbons (Fsp3) is 0.200. The maximum absolute atomic E-state index is 12.2. The SMILES string of the molecule is CSc1nc2ccc(NC(=O)/C=C/c3ccc(N4CCCS4(=O)=O)cc3)cc2s1. The van der Waals surface area contributed by atoms with Crippen molar-refractivity contribution in [1.29, 1.82) is 0 Å². The molecule has 0 aliphatic carbocycles. The number of carbonyl (C=O) groups is 1. The minimum Gasteiger partial charge on any atom is -0.322 e. The van der Waals surface area contributed by atoms with Gasteiger partial charge in [0.1, 0.15) is 0 Å². The molecule has 1 amide bonds. The van der Waals surface area contributed by atoms with Crippen molar-refractivity contribution in [3.8, 4) is 0 Å². The number of fused-ring (bicyclic) bond motifs is 1. The number of hydrogen-bond acceptors (Lipinski definition) is 6. The topological polar surface area (TPSA) is 79.4 Å². The summed E-state index contributed by atoms with van der Waals surface area (Å²) in [4.78, 5) is 16.7. The fourth-order valence-corrected chi connectivity index (χ4v) is 6.20. The van der Waals surface area contributed by atoms with Crippen molar-refractivity contribution in [3.05, 3.63) is 54.1 Å². The first kappa shape index (κ1) is 19.9. The third-order valence-corrected chi connectivity index (χ3v) is 8.39. The number of nitrogens with zero attached hydrogens (tertiary/aromatic N) is 2. The summed E-state index contributed by atoms with van der Waals surface area (Å²) in [6, 6.07) is 12.8. The van der Waals surface area contributed by atoms with Crippen molar-refractivity contribution in [1.82, 2.24) is 4.98 Å². The van der Waals surface area contributed by atoms with Crippen LogP contribution in [-0.4, -0.2) is 37.9 Å². The van der Waals surface area contributed by atoms with Crippen LogP contribution in [0, 0.1) is 0 Å². The molecule has 1 N–H and O–H groups in total. The molecule has 29 heavy (non-hydrogen) atoms. The second-order valence-electron chi connectivity index (χ2n) is 6.52. The zero-order valence-electron chi connectivity index (χ0n) is 15.7. The average molecular weight is 446 g/mol. The predicted molar refractivity (Wildman–Crippen MR) is 121 cm³/mol.